The third-order valence-electron chi connectivity index (χ3n) is 3.39. The molecule has 0 amide bonds. The van der Waals surface area contributed by atoms with Gasteiger partial charge in [0.1, 0.15) is 17.3 Å². The maximum atomic E-state index is 12.5. The fourth-order valence-electron chi connectivity index (χ4n) is 2.22. The minimum atomic E-state index is -0.111. The number of nitrogen functional groups attached to an aromatic ring is 1. The van der Waals surface area contributed by atoms with E-state index in [0.717, 1.165) is 10.8 Å². The summed E-state index contributed by atoms with van der Waals surface area (Å²) in [7, 11) is 0. The van der Waals surface area contributed by atoms with Crippen LogP contribution in [0.2, 0.25) is 0 Å². The van der Waals surface area contributed by atoms with Gasteiger partial charge in [-0.05, 0) is 60.9 Å². The monoisotopic (exact) mass is 375 g/mol. The molecule has 25 heavy (non-hydrogen) atoms. The Balaban J connectivity index is 1.76. The maximum absolute atomic E-state index is 12.5. The molecule has 0 bridgehead atoms. The predicted octanol–water partition coefficient (Wildman–Crippen LogP) is 3.21. The van der Waals surface area contributed by atoms with E-state index in [1.807, 2.05) is 24.4 Å². The standard InChI is InChI=1S/C16H17N5O2S2/c1-2-23-12-7-5-11(6-8-12)13(22)10-20-16(24)21(15(17)19-20)18-14-4-3-9-25-14/h3-9,18H,2,10H2,1H3,(H2,17,19). The van der Waals surface area contributed by atoms with Gasteiger partial charge in [-0.3, -0.25) is 10.2 Å². The Morgan fingerprint density at radius 3 is 2.76 bits per heavy atom. The largest absolute Gasteiger partial charge is 0.494 e. The lowest BCUT2D eigenvalue weighted by atomic mass is 10.1. The van der Waals surface area contributed by atoms with Gasteiger partial charge in [0.2, 0.25) is 10.7 Å². The summed E-state index contributed by atoms with van der Waals surface area (Å²) in [5.41, 5.74) is 9.54. The van der Waals surface area contributed by atoms with Crippen LogP contribution in [0.25, 0.3) is 0 Å². The zero-order chi connectivity index (χ0) is 17.8. The second kappa shape index (κ2) is 7.49. The van der Waals surface area contributed by atoms with Gasteiger partial charge < -0.3 is 10.5 Å². The number of ketones is 1. The van der Waals surface area contributed by atoms with Crippen LogP contribution < -0.4 is 15.9 Å². The van der Waals surface area contributed by atoms with Gasteiger partial charge in [0.25, 0.3) is 0 Å². The molecular formula is C16H17N5O2S2. The van der Waals surface area contributed by atoms with E-state index in [1.165, 1.54) is 20.7 Å². The van der Waals surface area contributed by atoms with E-state index in [1.54, 1.807) is 24.3 Å². The molecule has 3 N–H and O–H groups in total. The van der Waals surface area contributed by atoms with Crippen LogP contribution in [0.5, 0.6) is 5.75 Å². The Bertz CT molecular complexity index is 913. The number of thiophene rings is 1. The highest BCUT2D eigenvalue weighted by atomic mass is 32.1. The van der Waals surface area contributed by atoms with E-state index in [2.05, 4.69) is 10.5 Å². The molecule has 1 aromatic carbocycles. The van der Waals surface area contributed by atoms with E-state index >= 15 is 0 Å². The molecule has 0 aliphatic heterocycles. The lowest BCUT2D eigenvalue weighted by Gasteiger charge is -2.05. The molecule has 0 spiro atoms. The molecule has 0 radical (unpaired) electrons. The number of ether oxygens (including phenoxy) is 1. The lowest BCUT2D eigenvalue weighted by molar-refractivity contribution is 0.0967. The average molecular weight is 375 g/mol. The number of nitrogens with two attached hydrogens (primary N) is 1. The van der Waals surface area contributed by atoms with Crippen molar-refractivity contribution in [3.05, 3.63) is 52.1 Å². The minimum absolute atomic E-state index is 0.0101. The molecule has 0 fully saturated rings. The molecule has 2 heterocycles. The SMILES string of the molecule is CCOc1ccc(C(=O)Cn2nc(N)n(Nc3cccs3)c2=S)cc1. The second-order valence-electron chi connectivity index (χ2n) is 5.10. The molecule has 130 valence electrons. The van der Waals surface area contributed by atoms with Crippen LogP contribution in [0.1, 0.15) is 17.3 Å². The van der Waals surface area contributed by atoms with Gasteiger partial charge in [0.05, 0.1) is 6.61 Å². The molecule has 0 aliphatic rings. The number of carbonyl (C=O) groups excluding carboxylic acids is 1. The Morgan fingerprint density at radius 2 is 2.12 bits per heavy atom. The Hall–Kier alpha value is -2.65. The van der Waals surface area contributed by atoms with Crippen LogP contribution >= 0.6 is 23.6 Å². The number of nitrogens with one attached hydrogen (secondary N) is 1. The Morgan fingerprint density at radius 1 is 1.36 bits per heavy atom. The first-order valence-electron chi connectivity index (χ1n) is 7.60. The number of hydrogen-bond acceptors (Lipinski definition) is 7. The molecular weight excluding hydrogens is 358 g/mol. The van der Waals surface area contributed by atoms with E-state index in [0.29, 0.717) is 16.9 Å². The number of hydrogen-bond donors (Lipinski definition) is 2. The molecule has 0 atom stereocenters. The van der Waals surface area contributed by atoms with E-state index < -0.39 is 0 Å². The summed E-state index contributed by atoms with van der Waals surface area (Å²) in [5, 5.41) is 6.96. The van der Waals surface area contributed by atoms with Crippen molar-refractivity contribution in [2.24, 2.45) is 0 Å². The van der Waals surface area contributed by atoms with Gasteiger partial charge in [0, 0.05) is 5.56 Å². The maximum Gasteiger partial charge on any atom is 0.240 e. The number of aromatic nitrogens is 3. The second-order valence-corrected chi connectivity index (χ2v) is 6.42. The summed E-state index contributed by atoms with van der Waals surface area (Å²) in [6, 6.07) is 10.8. The molecule has 3 aromatic rings. The zero-order valence-corrected chi connectivity index (χ0v) is 15.1. The molecule has 2 aromatic heterocycles. The Labute approximate surface area is 153 Å². The van der Waals surface area contributed by atoms with Crippen molar-refractivity contribution in [3.63, 3.8) is 0 Å². The van der Waals surface area contributed by atoms with Gasteiger partial charge in [-0.1, -0.05) is 0 Å². The van der Waals surface area contributed by atoms with Crippen molar-refractivity contribution in [1.82, 2.24) is 14.5 Å². The lowest BCUT2D eigenvalue weighted by Crippen LogP contribution is -2.14. The number of Topliss-reactive ketones (excluding diaryl/α,β-unsaturated/α-hetero) is 1. The highest BCUT2D eigenvalue weighted by molar-refractivity contribution is 7.71. The van der Waals surface area contributed by atoms with Gasteiger partial charge in [-0.25, -0.2) is 4.68 Å². The molecule has 0 saturated carbocycles. The van der Waals surface area contributed by atoms with Crippen LogP contribution in [0, 0.1) is 4.77 Å². The number of benzene rings is 1. The first-order valence-corrected chi connectivity index (χ1v) is 8.89. The van der Waals surface area contributed by atoms with Crippen molar-refractivity contribution in [3.8, 4) is 5.75 Å². The van der Waals surface area contributed by atoms with Crippen LogP contribution in [-0.4, -0.2) is 26.8 Å². The normalized spacial score (nSPS) is 10.6. The topological polar surface area (TPSA) is 87.1 Å². The first-order chi connectivity index (χ1) is 12.1. The van der Waals surface area contributed by atoms with Crippen molar-refractivity contribution >= 4 is 40.3 Å². The van der Waals surface area contributed by atoms with Crippen LogP contribution in [-0.2, 0) is 6.54 Å². The molecule has 0 aliphatic carbocycles. The van der Waals surface area contributed by atoms with Crippen LogP contribution in [0.15, 0.2) is 41.8 Å². The molecule has 3 rings (SSSR count). The van der Waals surface area contributed by atoms with Crippen molar-refractivity contribution in [1.29, 1.82) is 0 Å². The zero-order valence-electron chi connectivity index (χ0n) is 13.5. The quantitative estimate of drug-likeness (QED) is 0.487. The number of rotatable bonds is 7. The molecule has 7 nitrogen and oxygen atoms in total. The van der Waals surface area contributed by atoms with Crippen molar-refractivity contribution < 1.29 is 9.53 Å². The Kier molecular flexibility index (Phi) is 5.15. The minimum Gasteiger partial charge on any atom is -0.494 e. The summed E-state index contributed by atoms with van der Waals surface area (Å²) in [6.07, 6.45) is 0. The first kappa shape index (κ1) is 17.2. The summed E-state index contributed by atoms with van der Waals surface area (Å²) in [6.45, 7) is 2.50. The van der Waals surface area contributed by atoms with E-state index in [9.17, 15) is 4.79 Å². The fraction of sp³-hybridized carbons (Fsp3) is 0.188. The van der Waals surface area contributed by atoms with Gasteiger partial charge in [-0.2, -0.15) is 4.68 Å². The summed E-state index contributed by atoms with van der Waals surface area (Å²) >= 11 is 6.87. The van der Waals surface area contributed by atoms with Gasteiger partial charge in [0.15, 0.2) is 5.78 Å². The highest BCUT2D eigenvalue weighted by Gasteiger charge is 2.13. The highest BCUT2D eigenvalue weighted by Crippen LogP contribution is 2.17. The number of nitrogens with zero attached hydrogens (tertiary/aromatic N) is 3. The number of carbonyl (C=O) groups is 1. The third-order valence-corrected chi connectivity index (χ3v) is 4.56. The van der Waals surface area contributed by atoms with Crippen LogP contribution in [0.4, 0.5) is 10.9 Å². The van der Waals surface area contributed by atoms with Gasteiger partial charge in [-0.15, -0.1) is 16.4 Å². The van der Waals surface area contributed by atoms with E-state index in [4.69, 9.17) is 22.7 Å². The molecule has 0 unspecified atom stereocenters. The van der Waals surface area contributed by atoms with Crippen molar-refractivity contribution in [2.75, 3.05) is 17.8 Å². The summed E-state index contributed by atoms with van der Waals surface area (Å²) in [5.74, 6) is 0.808. The molecule has 0 saturated heterocycles. The van der Waals surface area contributed by atoms with Gasteiger partial charge >= 0.3 is 0 Å². The smallest absolute Gasteiger partial charge is 0.240 e. The predicted molar refractivity (Wildman–Crippen MR) is 101 cm³/mol. The summed E-state index contributed by atoms with van der Waals surface area (Å²) < 4.78 is 8.58. The average Bonchev–Trinajstić information content (AvgIpc) is 3.20. The third kappa shape index (κ3) is 3.89. The van der Waals surface area contributed by atoms with E-state index in [-0.39, 0.29) is 18.3 Å². The number of anilines is 2. The van der Waals surface area contributed by atoms with Crippen LogP contribution in [0.3, 0.4) is 0 Å². The fourth-order valence-corrected chi connectivity index (χ4v) is 3.07. The molecule has 9 heteroatoms. The van der Waals surface area contributed by atoms with Crippen molar-refractivity contribution in [2.45, 2.75) is 13.5 Å². The summed E-state index contributed by atoms with van der Waals surface area (Å²) in [4.78, 5) is 12.5.